The predicted octanol–water partition coefficient (Wildman–Crippen LogP) is 1.50. The number of nitrogens with one attached hydrogen (secondary N) is 2. The Morgan fingerprint density at radius 2 is 1.95 bits per heavy atom. The smallest absolute Gasteiger partial charge is 0.325 e. The Balaban J connectivity index is 2.95. The molecule has 0 aliphatic rings. The van der Waals surface area contributed by atoms with Crippen LogP contribution in [-0.2, 0) is 9.59 Å². The van der Waals surface area contributed by atoms with E-state index in [1.807, 2.05) is 0 Å². The largest absolute Gasteiger partial charge is 0.480 e. The van der Waals surface area contributed by atoms with Gasteiger partial charge in [-0.05, 0) is 25.1 Å². The minimum Gasteiger partial charge on any atom is -0.480 e. The number of carboxylic acids is 1. The number of hydrogen-bond donors (Lipinski definition) is 3. The van der Waals surface area contributed by atoms with Gasteiger partial charge in [-0.3, -0.25) is 14.4 Å². The summed E-state index contributed by atoms with van der Waals surface area (Å²) in [6, 6.07) is 3.34. The quantitative estimate of drug-likeness (QED) is 0.781. The summed E-state index contributed by atoms with van der Waals surface area (Å²) < 4.78 is 0. The van der Waals surface area contributed by atoms with E-state index < -0.39 is 17.9 Å². The van der Waals surface area contributed by atoms with Gasteiger partial charge in [0, 0.05) is 12.6 Å². The molecule has 0 radical (unpaired) electrons. The van der Waals surface area contributed by atoms with Gasteiger partial charge in [0.05, 0.1) is 10.6 Å². The van der Waals surface area contributed by atoms with Crippen LogP contribution >= 0.6 is 11.6 Å². The number of halogens is 1. The molecule has 6 nitrogen and oxygen atoms in total. The number of amides is 2. The van der Waals surface area contributed by atoms with E-state index in [4.69, 9.17) is 16.7 Å². The molecule has 7 heteroatoms. The molecule has 0 aromatic heterocycles. The lowest BCUT2D eigenvalue weighted by molar-refractivity contribution is -0.138. The van der Waals surface area contributed by atoms with Crippen LogP contribution in [0.25, 0.3) is 0 Å². The first-order valence-corrected chi connectivity index (χ1v) is 5.80. The zero-order valence-electron chi connectivity index (χ0n) is 10.4. The van der Waals surface area contributed by atoms with Crippen LogP contribution in [-0.4, -0.2) is 28.9 Å². The second-order valence-corrected chi connectivity index (χ2v) is 4.32. The maximum atomic E-state index is 11.8. The Labute approximate surface area is 114 Å². The summed E-state index contributed by atoms with van der Waals surface area (Å²) in [6.45, 7) is 2.67. The van der Waals surface area contributed by atoms with Crippen LogP contribution in [0.1, 0.15) is 24.2 Å². The zero-order valence-corrected chi connectivity index (χ0v) is 11.1. The van der Waals surface area contributed by atoms with E-state index in [0.717, 1.165) is 0 Å². The lowest BCUT2D eigenvalue weighted by Crippen LogP contribution is -2.38. The van der Waals surface area contributed by atoms with E-state index >= 15 is 0 Å². The van der Waals surface area contributed by atoms with Crippen molar-refractivity contribution in [2.45, 2.75) is 19.9 Å². The van der Waals surface area contributed by atoms with Crippen molar-refractivity contribution in [2.24, 2.45) is 0 Å². The van der Waals surface area contributed by atoms with Gasteiger partial charge in [-0.2, -0.15) is 0 Å². The number of carbonyl (C=O) groups excluding carboxylic acids is 2. The Hall–Kier alpha value is -2.08. The lowest BCUT2D eigenvalue weighted by atomic mass is 10.1. The molecule has 0 saturated carbocycles. The highest BCUT2D eigenvalue weighted by atomic mass is 35.5. The van der Waals surface area contributed by atoms with Gasteiger partial charge in [0.25, 0.3) is 5.91 Å². The molecule has 1 rings (SSSR count). The van der Waals surface area contributed by atoms with Gasteiger partial charge in [0.2, 0.25) is 5.91 Å². The van der Waals surface area contributed by atoms with Crippen LogP contribution in [0.3, 0.4) is 0 Å². The van der Waals surface area contributed by atoms with Crippen molar-refractivity contribution in [1.29, 1.82) is 0 Å². The molecule has 0 heterocycles. The summed E-state index contributed by atoms with van der Waals surface area (Å²) in [6.07, 6.45) is 0. The molecule has 0 unspecified atom stereocenters. The molecule has 1 aromatic carbocycles. The third-order valence-electron chi connectivity index (χ3n) is 2.25. The van der Waals surface area contributed by atoms with Crippen molar-refractivity contribution in [2.75, 3.05) is 5.32 Å². The molecule has 0 bridgehead atoms. The van der Waals surface area contributed by atoms with Gasteiger partial charge in [-0.1, -0.05) is 11.6 Å². The summed E-state index contributed by atoms with van der Waals surface area (Å²) in [7, 11) is 0. The number of rotatable bonds is 4. The minimum atomic E-state index is -1.15. The average molecular weight is 285 g/mol. The second kappa shape index (κ2) is 6.19. The molecule has 19 heavy (non-hydrogen) atoms. The number of aliphatic carboxylic acids is 1. The molecule has 0 aliphatic heterocycles. The van der Waals surface area contributed by atoms with Crippen molar-refractivity contribution < 1.29 is 19.5 Å². The first-order chi connectivity index (χ1) is 8.81. The number of benzene rings is 1. The van der Waals surface area contributed by atoms with E-state index in [2.05, 4.69) is 10.6 Å². The Morgan fingerprint density at radius 3 is 2.47 bits per heavy atom. The molecular weight excluding hydrogens is 272 g/mol. The van der Waals surface area contributed by atoms with Crippen LogP contribution in [0.15, 0.2) is 18.2 Å². The fourth-order valence-corrected chi connectivity index (χ4v) is 1.52. The average Bonchev–Trinajstić information content (AvgIpc) is 2.30. The highest BCUT2D eigenvalue weighted by Gasteiger charge is 2.17. The Kier molecular flexibility index (Phi) is 4.88. The molecule has 0 saturated heterocycles. The summed E-state index contributed by atoms with van der Waals surface area (Å²) >= 11 is 5.87. The number of hydrogen-bond acceptors (Lipinski definition) is 3. The van der Waals surface area contributed by atoms with Crippen molar-refractivity contribution in [3.8, 4) is 0 Å². The van der Waals surface area contributed by atoms with Gasteiger partial charge < -0.3 is 15.7 Å². The van der Waals surface area contributed by atoms with Crippen LogP contribution in [0.2, 0.25) is 5.02 Å². The Morgan fingerprint density at radius 1 is 1.32 bits per heavy atom. The van der Waals surface area contributed by atoms with Crippen molar-refractivity contribution >= 4 is 35.1 Å². The molecule has 0 fully saturated rings. The molecule has 0 aliphatic carbocycles. The Bertz CT molecular complexity index is 530. The molecule has 3 N–H and O–H groups in total. The summed E-state index contributed by atoms with van der Waals surface area (Å²) in [4.78, 5) is 33.4. The number of carbonyl (C=O) groups is 3. The van der Waals surface area contributed by atoms with E-state index in [1.54, 1.807) is 6.07 Å². The highest BCUT2D eigenvalue weighted by molar-refractivity contribution is 6.34. The van der Waals surface area contributed by atoms with Gasteiger partial charge in [-0.25, -0.2) is 0 Å². The summed E-state index contributed by atoms with van der Waals surface area (Å²) in [5, 5.41) is 13.7. The molecule has 2 amide bonds. The molecule has 1 atom stereocenters. The monoisotopic (exact) mass is 284 g/mol. The second-order valence-electron chi connectivity index (χ2n) is 3.91. The fourth-order valence-electron chi connectivity index (χ4n) is 1.32. The topological polar surface area (TPSA) is 95.5 Å². The fraction of sp³-hybridized carbons (Fsp3) is 0.250. The highest BCUT2D eigenvalue weighted by Crippen LogP contribution is 2.20. The standard InChI is InChI=1S/C12H13ClN2O4/c1-6(12(18)19)14-11(17)9-5-8(15-7(2)16)3-4-10(9)13/h3-6H,1-2H3,(H,14,17)(H,15,16)(H,18,19)/t6-/m1/s1. The first-order valence-electron chi connectivity index (χ1n) is 5.42. The molecule has 102 valence electrons. The SMILES string of the molecule is CC(=O)Nc1ccc(Cl)c(C(=O)N[C@H](C)C(=O)O)c1. The third kappa shape index (κ3) is 4.26. The zero-order chi connectivity index (χ0) is 14.6. The van der Waals surface area contributed by atoms with Gasteiger partial charge in [0.1, 0.15) is 6.04 Å². The lowest BCUT2D eigenvalue weighted by Gasteiger charge is -2.11. The van der Waals surface area contributed by atoms with Crippen LogP contribution in [0, 0.1) is 0 Å². The van der Waals surface area contributed by atoms with Crippen molar-refractivity contribution in [1.82, 2.24) is 5.32 Å². The predicted molar refractivity (Wildman–Crippen MR) is 70.3 cm³/mol. The molecule has 1 aromatic rings. The number of carboxylic acid groups (broad SMARTS) is 1. The maximum absolute atomic E-state index is 11.8. The van der Waals surface area contributed by atoms with Crippen LogP contribution < -0.4 is 10.6 Å². The molecule has 0 spiro atoms. The van der Waals surface area contributed by atoms with Gasteiger partial charge in [0.15, 0.2) is 0 Å². The van der Waals surface area contributed by atoms with E-state index in [-0.39, 0.29) is 16.5 Å². The normalized spacial score (nSPS) is 11.5. The van der Waals surface area contributed by atoms with E-state index in [9.17, 15) is 14.4 Å². The van der Waals surface area contributed by atoms with Crippen LogP contribution in [0.4, 0.5) is 5.69 Å². The first kappa shape index (κ1) is 15.0. The van der Waals surface area contributed by atoms with E-state index in [1.165, 1.54) is 26.0 Å². The number of anilines is 1. The van der Waals surface area contributed by atoms with Crippen molar-refractivity contribution in [3.05, 3.63) is 28.8 Å². The molecular formula is C12H13ClN2O4. The summed E-state index contributed by atoms with van der Waals surface area (Å²) in [5.41, 5.74) is 0.506. The van der Waals surface area contributed by atoms with Crippen molar-refractivity contribution in [3.63, 3.8) is 0 Å². The third-order valence-corrected chi connectivity index (χ3v) is 2.58. The van der Waals surface area contributed by atoms with Gasteiger partial charge >= 0.3 is 5.97 Å². The van der Waals surface area contributed by atoms with Crippen LogP contribution in [0.5, 0.6) is 0 Å². The summed E-state index contributed by atoms with van der Waals surface area (Å²) in [5.74, 6) is -2.05. The minimum absolute atomic E-state index is 0.0982. The maximum Gasteiger partial charge on any atom is 0.325 e. The van der Waals surface area contributed by atoms with Gasteiger partial charge in [-0.15, -0.1) is 0 Å². The van der Waals surface area contributed by atoms with E-state index in [0.29, 0.717) is 5.69 Å².